The lowest BCUT2D eigenvalue weighted by atomic mass is 10.2. The molecule has 0 fully saturated rings. The van der Waals surface area contributed by atoms with Crippen LogP contribution in [0, 0.1) is 0 Å². The average molecular weight is 278 g/mol. The van der Waals surface area contributed by atoms with Crippen LogP contribution in [-0.2, 0) is 0 Å². The van der Waals surface area contributed by atoms with Crippen LogP contribution in [0.5, 0.6) is 0 Å². The van der Waals surface area contributed by atoms with Crippen molar-refractivity contribution >= 4 is 28.2 Å². The van der Waals surface area contributed by atoms with Crippen molar-refractivity contribution in [2.24, 2.45) is 5.84 Å². The number of carbonyl (C=O) groups excluding carboxylic acids is 1. The van der Waals surface area contributed by atoms with Crippen LogP contribution in [0.3, 0.4) is 0 Å². The lowest BCUT2D eigenvalue weighted by molar-refractivity contribution is 0.102. The Bertz CT molecular complexity index is 565. The van der Waals surface area contributed by atoms with Gasteiger partial charge in [0.05, 0.1) is 5.69 Å². The minimum absolute atomic E-state index is 0.209. The van der Waals surface area contributed by atoms with Gasteiger partial charge >= 0.3 is 0 Å². The molecule has 0 spiro atoms. The van der Waals surface area contributed by atoms with E-state index in [4.69, 9.17) is 5.84 Å². The molecule has 7 nitrogen and oxygen atoms in total. The highest BCUT2D eigenvalue weighted by Gasteiger charge is 2.12. The molecule has 0 bridgehead atoms. The first-order valence-corrected chi connectivity index (χ1v) is 6.55. The molecule has 0 atom stereocenters. The summed E-state index contributed by atoms with van der Waals surface area (Å²) in [6.07, 6.45) is 0. The molecule has 2 heterocycles. The van der Waals surface area contributed by atoms with Crippen molar-refractivity contribution < 1.29 is 4.79 Å². The van der Waals surface area contributed by atoms with Crippen LogP contribution < -0.4 is 16.6 Å². The molecular formula is C11H14N6OS. The molecule has 0 radical (unpaired) electrons. The Kier molecular flexibility index (Phi) is 4.03. The highest BCUT2D eigenvalue weighted by Crippen LogP contribution is 2.21. The fraction of sp³-hybridized carbons (Fsp3) is 0.273. The van der Waals surface area contributed by atoms with Gasteiger partial charge < -0.3 is 5.43 Å². The number of hydrogen-bond donors (Lipinski definition) is 3. The third-order valence-corrected chi connectivity index (χ3v) is 3.15. The Morgan fingerprint density at radius 2 is 2.16 bits per heavy atom. The lowest BCUT2D eigenvalue weighted by Gasteiger charge is -2.02. The van der Waals surface area contributed by atoms with Gasteiger partial charge in [0.15, 0.2) is 16.6 Å². The van der Waals surface area contributed by atoms with Gasteiger partial charge in [0.2, 0.25) is 0 Å². The van der Waals surface area contributed by atoms with Crippen molar-refractivity contribution in [1.29, 1.82) is 0 Å². The first-order valence-electron chi connectivity index (χ1n) is 5.67. The lowest BCUT2D eigenvalue weighted by Crippen LogP contribution is -2.16. The molecule has 0 aliphatic heterocycles. The summed E-state index contributed by atoms with van der Waals surface area (Å²) in [5.41, 5.74) is 3.50. The molecule has 8 heteroatoms. The standard InChI is InChI=1S/C11H14N6OS/c1-6(2)8-5-19-11(13-8)14-10(18)7-3-4-9(15-12)17-16-7/h3-6H,12H2,1-2H3,(H,15,17)(H,13,14,18). The van der Waals surface area contributed by atoms with E-state index in [0.29, 0.717) is 16.9 Å². The Hall–Kier alpha value is -2.06. The molecule has 0 aliphatic carbocycles. The fourth-order valence-electron chi connectivity index (χ4n) is 1.30. The molecule has 0 saturated carbocycles. The van der Waals surface area contributed by atoms with Gasteiger partial charge in [0.25, 0.3) is 5.91 Å². The molecule has 4 N–H and O–H groups in total. The number of anilines is 2. The zero-order valence-corrected chi connectivity index (χ0v) is 11.4. The van der Waals surface area contributed by atoms with Gasteiger partial charge in [0, 0.05) is 5.38 Å². The number of nitrogens with zero attached hydrogens (tertiary/aromatic N) is 3. The monoisotopic (exact) mass is 278 g/mol. The quantitative estimate of drug-likeness (QED) is 0.579. The molecule has 0 unspecified atom stereocenters. The van der Waals surface area contributed by atoms with E-state index < -0.39 is 0 Å². The molecule has 0 saturated heterocycles. The topological polar surface area (TPSA) is 106 Å². The van der Waals surface area contributed by atoms with Crippen LogP contribution in [0.1, 0.15) is 35.9 Å². The maximum atomic E-state index is 11.9. The number of nitrogens with one attached hydrogen (secondary N) is 2. The van der Waals surface area contributed by atoms with Crippen LogP contribution in [0.4, 0.5) is 10.9 Å². The largest absolute Gasteiger partial charge is 0.307 e. The average Bonchev–Trinajstić information content (AvgIpc) is 2.87. The third-order valence-electron chi connectivity index (χ3n) is 2.38. The summed E-state index contributed by atoms with van der Waals surface area (Å²) in [6, 6.07) is 3.11. The van der Waals surface area contributed by atoms with Crippen molar-refractivity contribution in [2.45, 2.75) is 19.8 Å². The number of rotatable bonds is 4. The molecule has 2 aromatic rings. The summed E-state index contributed by atoms with van der Waals surface area (Å²) < 4.78 is 0. The normalized spacial score (nSPS) is 10.5. The number of amides is 1. The highest BCUT2D eigenvalue weighted by molar-refractivity contribution is 7.14. The minimum Gasteiger partial charge on any atom is -0.307 e. The van der Waals surface area contributed by atoms with Gasteiger partial charge in [-0.3, -0.25) is 10.1 Å². The molecule has 1 amide bonds. The van der Waals surface area contributed by atoms with Crippen LogP contribution in [0.2, 0.25) is 0 Å². The zero-order valence-electron chi connectivity index (χ0n) is 10.5. The number of carbonyl (C=O) groups is 1. The summed E-state index contributed by atoms with van der Waals surface area (Å²) in [5.74, 6) is 5.55. The van der Waals surface area contributed by atoms with Crippen molar-refractivity contribution in [2.75, 3.05) is 10.7 Å². The smallest absolute Gasteiger partial charge is 0.277 e. The van der Waals surface area contributed by atoms with Crippen LogP contribution >= 0.6 is 11.3 Å². The summed E-state index contributed by atoms with van der Waals surface area (Å²) in [5, 5.41) is 12.7. The van der Waals surface area contributed by atoms with E-state index in [1.165, 1.54) is 17.4 Å². The Labute approximate surface area is 114 Å². The minimum atomic E-state index is -0.347. The molecule has 100 valence electrons. The second-order valence-corrected chi connectivity index (χ2v) is 4.99. The molecular weight excluding hydrogens is 264 g/mol. The molecule has 2 rings (SSSR count). The predicted octanol–water partition coefficient (Wildman–Crippen LogP) is 1.59. The second kappa shape index (κ2) is 5.72. The third kappa shape index (κ3) is 3.24. The summed E-state index contributed by atoms with van der Waals surface area (Å²) in [4.78, 5) is 16.2. The van der Waals surface area contributed by atoms with Crippen molar-refractivity contribution in [3.8, 4) is 0 Å². The van der Waals surface area contributed by atoms with Crippen molar-refractivity contribution in [3.05, 3.63) is 28.9 Å². The first kappa shape index (κ1) is 13.4. The number of hydrazine groups is 1. The second-order valence-electron chi connectivity index (χ2n) is 4.13. The van der Waals surface area contributed by atoms with Crippen molar-refractivity contribution in [3.63, 3.8) is 0 Å². The van der Waals surface area contributed by atoms with E-state index in [0.717, 1.165) is 5.69 Å². The van der Waals surface area contributed by atoms with Crippen LogP contribution in [0.15, 0.2) is 17.5 Å². The maximum Gasteiger partial charge on any atom is 0.277 e. The van der Waals surface area contributed by atoms with Gasteiger partial charge in [-0.1, -0.05) is 13.8 Å². The summed E-state index contributed by atoms with van der Waals surface area (Å²) in [6.45, 7) is 4.09. The van der Waals surface area contributed by atoms with Gasteiger partial charge in [-0.15, -0.1) is 21.5 Å². The van der Waals surface area contributed by atoms with Gasteiger partial charge in [0.1, 0.15) is 0 Å². The van der Waals surface area contributed by atoms with Crippen LogP contribution in [-0.4, -0.2) is 21.1 Å². The number of nitrogens with two attached hydrogens (primary N) is 1. The van der Waals surface area contributed by atoms with Gasteiger partial charge in [-0.25, -0.2) is 10.8 Å². The van der Waals surface area contributed by atoms with E-state index in [1.54, 1.807) is 6.07 Å². The summed E-state index contributed by atoms with van der Waals surface area (Å²) >= 11 is 1.38. The molecule has 0 aliphatic rings. The van der Waals surface area contributed by atoms with E-state index >= 15 is 0 Å². The summed E-state index contributed by atoms with van der Waals surface area (Å²) in [7, 11) is 0. The SMILES string of the molecule is CC(C)c1csc(NC(=O)c2ccc(NN)nn2)n1. The maximum absolute atomic E-state index is 11.9. The van der Waals surface area contributed by atoms with Gasteiger partial charge in [-0.2, -0.15) is 0 Å². The highest BCUT2D eigenvalue weighted by atomic mass is 32.1. The Balaban J connectivity index is 2.06. The van der Waals surface area contributed by atoms with E-state index in [1.807, 2.05) is 19.2 Å². The number of aromatic nitrogens is 3. The van der Waals surface area contributed by atoms with Crippen LogP contribution in [0.25, 0.3) is 0 Å². The fourth-order valence-corrected chi connectivity index (χ4v) is 2.17. The zero-order chi connectivity index (χ0) is 13.8. The Morgan fingerprint density at radius 3 is 2.68 bits per heavy atom. The molecule has 0 aromatic carbocycles. The number of nitrogen functional groups attached to an aromatic ring is 1. The van der Waals surface area contributed by atoms with E-state index in [-0.39, 0.29) is 11.6 Å². The molecule has 19 heavy (non-hydrogen) atoms. The first-order chi connectivity index (χ1) is 9.10. The van der Waals surface area contributed by atoms with Crippen molar-refractivity contribution in [1.82, 2.24) is 15.2 Å². The number of thiazole rings is 1. The molecule has 2 aromatic heterocycles. The Morgan fingerprint density at radius 1 is 1.37 bits per heavy atom. The van der Waals surface area contributed by atoms with E-state index in [2.05, 4.69) is 25.9 Å². The number of hydrogen-bond acceptors (Lipinski definition) is 7. The predicted molar refractivity (Wildman–Crippen MR) is 74.0 cm³/mol. The van der Waals surface area contributed by atoms with Gasteiger partial charge in [-0.05, 0) is 18.1 Å². The van der Waals surface area contributed by atoms with E-state index in [9.17, 15) is 4.79 Å².